The Balaban J connectivity index is 1.61. The Bertz CT molecular complexity index is 798. The molecule has 0 spiro atoms. The van der Waals surface area contributed by atoms with Crippen LogP contribution < -0.4 is 16.1 Å². The van der Waals surface area contributed by atoms with Crippen LogP contribution in [-0.2, 0) is 23.9 Å². The number of carbonyl (C=O) groups excluding carboxylic acids is 4. The van der Waals surface area contributed by atoms with E-state index in [2.05, 4.69) is 16.1 Å². The highest BCUT2D eigenvalue weighted by Crippen LogP contribution is 2.30. The maximum absolute atomic E-state index is 12.8. The van der Waals surface area contributed by atoms with Crippen molar-refractivity contribution in [2.24, 2.45) is 5.92 Å². The van der Waals surface area contributed by atoms with Gasteiger partial charge in [0.25, 0.3) is 0 Å². The fourth-order valence-electron chi connectivity index (χ4n) is 4.79. The van der Waals surface area contributed by atoms with Crippen LogP contribution in [0.3, 0.4) is 0 Å². The second-order valence-corrected chi connectivity index (χ2v) is 12.8. The summed E-state index contributed by atoms with van der Waals surface area (Å²) < 4.78 is 5.98. The first kappa shape index (κ1) is 31.5. The van der Waals surface area contributed by atoms with E-state index in [4.69, 9.17) is 9.94 Å². The average Bonchev–Trinajstić information content (AvgIpc) is 3.05. The highest BCUT2D eigenvalue weighted by molar-refractivity contribution is 8.00. The molecule has 4 amide bonds. The van der Waals surface area contributed by atoms with Gasteiger partial charge in [-0.05, 0) is 72.1 Å². The quantitative estimate of drug-likeness (QED) is 0.183. The number of thioether (sulfide) groups is 1. The van der Waals surface area contributed by atoms with E-state index in [0.29, 0.717) is 38.3 Å². The van der Waals surface area contributed by atoms with Crippen molar-refractivity contribution in [3.63, 3.8) is 0 Å². The first-order valence-electron chi connectivity index (χ1n) is 13.4. The van der Waals surface area contributed by atoms with Gasteiger partial charge in [-0.1, -0.05) is 0 Å². The first-order valence-corrected chi connectivity index (χ1v) is 14.4. The number of hydroxylamine groups is 1. The summed E-state index contributed by atoms with van der Waals surface area (Å²) in [4.78, 5) is 50.2. The van der Waals surface area contributed by atoms with Gasteiger partial charge in [-0.25, -0.2) is 5.48 Å². The zero-order chi connectivity index (χ0) is 27.6. The molecule has 2 fully saturated rings. The second kappa shape index (κ2) is 14.5. The SMILES string of the molecule is CC(=O)NC(C)(C)CCOC(C)(C)CCNC(=O)CCSC1CC(=O)N(CC2CCC(NO)CC2)C1=O. The summed E-state index contributed by atoms with van der Waals surface area (Å²) in [6, 6.07) is 0.0999. The lowest BCUT2D eigenvalue weighted by atomic mass is 9.86. The predicted molar refractivity (Wildman–Crippen MR) is 143 cm³/mol. The van der Waals surface area contributed by atoms with Crippen LogP contribution in [0.25, 0.3) is 0 Å². The molecule has 1 atom stereocenters. The smallest absolute Gasteiger partial charge is 0.242 e. The molecule has 1 heterocycles. The molecule has 11 heteroatoms. The minimum atomic E-state index is -0.414. The van der Waals surface area contributed by atoms with Gasteiger partial charge >= 0.3 is 0 Å². The first-order chi connectivity index (χ1) is 17.3. The van der Waals surface area contributed by atoms with Crippen LogP contribution in [0.2, 0.25) is 0 Å². The van der Waals surface area contributed by atoms with E-state index in [-0.39, 0.29) is 54.0 Å². The molecule has 4 N–H and O–H groups in total. The Morgan fingerprint density at radius 2 is 1.78 bits per heavy atom. The molecule has 1 aliphatic carbocycles. The number of imide groups is 1. The molecule has 1 saturated carbocycles. The summed E-state index contributed by atoms with van der Waals surface area (Å²) in [5, 5.41) is 14.5. The summed E-state index contributed by atoms with van der Waals surface area (Å²) in [5.41, 5.74) is 1.56. The van der Waals surface area contributed by atoms with Gasteiger partial charge in [0.05, 0.1) is 10.9 Å². The fourth-order valence-corrected chi connectivity index (χ4v) is 5.90. The van der Waals surface area contributed by atoms with Crippen LogP contribution in [0.5, 0.6) is 0 Å². The lowest BCUT2D eigenvalue weighted by Crippen LogP contribution is -2.43. The van der Waals surface area contributed by atoms with Crippen molar-refractivity contribution in [1.82, 2.24) is 21.0 Å². The van der Waals surface area contributed by atoms with Gasteiger partial charge in [-0.3, -0.25) is 24.1 Å². The van der Waals surface area contributed by atoms with E-state index in [1.807, 2.05) is 27.7 Å². The van der Waals surface area contributed by atoms with Gasteiger partial charge in [-0.15, -0.1) is 11.8 Å². The molecular weight excluding hydrogens is 496 g/mol. The summed E-state index contributed by atoms with van der Waals surface area (Å²) in [6.07, 6.45) is 5.24. The Morgan fingerprint density at radius 3 is 2.41 bits per heavy atom. The molecular formula is C26H46N4O6S. The molecule has 2 rings (SSSR count). The second-order valence-electron chi connectivity index (χ2n) is 11.5. The third-order valence-electron chi connectivity index (χ3n) is 7.10. The normalized spacial score (nSPS) is 22.9. The molecule has 0 aromatic carbocycles. The van der Waals surface area contributed by atoms with Crippen LogP contribution in [0.4, 0.5) is 0 Å². The number of hydrogen-bond donors (Lipinski definition) is 4. The molecule has 0 aromatic heterocycles. The van der Waals surface area contributed by atoms with E-state index in [1.54, 1.807) is 0 Å². The van der Waals surface area contributed by atoms with Gasteiger partial charge in [0.2, 0.25) is 23.6 Å². The van der Waals surface area contributed by atoms with Gasteiger partial charge in [0.1, 0.15) is 0 Å². The number of rotatable bonds is 15. The van der Waals surface area contributed by atoms with Crippen LogP contribution in [0, 0.1) is 5.92 Å². The molecule has 212 valence electrons. The van der Waals surface area contributed by atoms with Crippen LogP contribution in [0.1, 0.15) is 86.0 Å². The third-order valence-corrected chi connectivity index (χ3v) is 8.31. The Kier molecular flexibility index (Phi) is 12.3. The lowest BCUT2D eigenvalue weighted by molar-refractivity contribution is -0.139. The predicted octanol–water partition coefficient (Wildman–Crippen LogP) is 2.38. The van der Waals surface area contributed by atoms with Gasteiger partial charge in [0.15, 0.2) is 0 Å². The standard InChI is InChI=1S/C26H46N4O6S/c1-18(31)28-25(2,3)12-14-36-26(4,5)11-13-27-22(32)10-15-37-21-16-23(33)30(24(21)34)17-19-6-8-20(29-35)9-7-19/h19-21,29,35H,6-17H2,1-5H3,(H,27,32)(H,28,31). The zero-order valence-corrected chi connectivity index (χ0v) is 23.9. The molecule has 0 bridgehead atoms. The summed E-state index contributed by atoms with van der Waals surface area (Å²) in [5.74, 6) is 0.341. The molecule has 1 aliphatic heterocycles. The van der Waals surface area contributed by atoms with Crippen molar-refractivity contribution in [2.75, 3.05) is 25.4 Å². The molecule has 1 saturated heterocycles. The van der Waals surface area contributed by atoms with E-state index in [0.717, 1.165) is 25.7 Å². The van der Waals surface area contributed by atoms with Gasteiger partial charge in [0, 0.05) is 56.8 Å². The van der Waals surface area contributed by atoms with Crippen LogP contribution in [0.15, 0.2) is 0 Å². The maximum atomic E-state index is 12.8. The Hall–Kier alpha value is -1.69. The number of hydrogen-bond acceptors (Lipinski definition) is 8. The van der Waals surface area contributed by atoms with Crippen molar-refractivity contribution < 1.29 is 29.1 Å². The van der Waals surface area contributed by atoms with E-state index >= 15 is 0 Å². The molecule has 1 unspecified atom stereocenters. The monoisotopic (exact) mass is 542 g/mol. The van der Waals surface area contributed by atoms with Crippen molar-refractivity contribution >= 4 is 35.4 Å². The minimum Gasteiger partial charge on any atom is -0.375 e. The summed E-state index contributed by atoms with van der Waals surface area (Å²) in [7, 11) is 0. The topological polar surface area (TPSA) is 137 Å². The number of amides is 4. The number of carbonyl (C=O) groups is 4. The molecule has 0 radical (unpaired) electrons. The van der Waals surface area contributed by atoms with Crippen LogP contribution >= 0.6 is 11.8 Å². The number of nitrogens with zero attached hydrogens (tertiary/aromatic N) is 1. The summed E-state index contributed by atoms with van der Waals surface area (Å²) >= 11 is 1.38. The average molecular weight is 543 g/mol. The van der Waals surface area contributed by atoms with Crippen molar-refractivity contribution in [1.29, 1.82) is 0 Å². The van der Waals surface area contributed by atoms with E-state index < -0.39 is 10.9 Å². The zero-order valence-electron chi connectivity index (χ0n) is 23.1. The molecule has 37 heavy (non-hydrogen) atoms. The highest BCUT2D eigenvalue weighted by Gasteiger charge is 2.40. The van der Waals surface area contributed by atoms with Gasteiger partial charge < -0.3 is 20.6 Å². The number of nitrogens with one attached hydrogen (secondary N) is 3. The van der Waals surface area contributed by atoms with Crippen LogP contribution in [-0.4, -0.2) is 81.6 Å². The van der Waals surface area contributed by atoms with E-state index in [9.17, 15) is 19.2 Å². The van der Waals surface area contributed by atoms with E-state index in [1.165, 1.54) is 23.6 Å². The van der Waals surface area contributed by atoms with Crippen molar-refractivity contribution in [3.8, 4) is 0 Å². The Morgan fingerprint density at radius 1 is 1.11 bits per heavy atom. The molecule has 10 nitrogen and oxygen atoms in total. The molecule has 2 aliphatic rings. The number of ether oxygens (including phenoxy) is 1. The minimum absolute atomic E-state index is 0.0682. The fraction of sp³-hybridized carbons (Fsp3) is 0.846. The number of likely N-dealkylation sites (tertiary alicyclic amines) is 1. The maximum Gasteiger partial charge on any atom is 0.242 e. The van der Waals surface area contributed by atoms with Crippen molar-refractivity contribution in [3.05, 3.63) is 0 Å². The Labute approximate surface area is 225 Å². The highest BCUT2D eigenvalue weighted by atomic mass is 32.2. The van der Waals surface area contributed by atoms with Gasteiger partial charge in [-0.2, -0.15) is 0 Å². The molecule has 0 aromatic rings. The largest absolute Gasteiger partial charge is 0.375 e. The van der Waals surface area contributed by atoms with Crippen molar-refractivity contribution in [2.45, 2.75) is 108 Å². The lowest BCUT2D eigenvalue weighted by Gasteiger charge is -2.30. The third kappa shape index (κ3) is 11.3. The summed E-state index contributed by atoms with van der Waals surface area (Å²) in [6.45, 7) is 10.8.